The molecule has 2 aromatic rings. The number of anilines is 2. The molecule has 1 heterocycles. The summed E-state index contributed by atoms with van der Waals surface area (Å²) in [6, 6.07) is 9.16. The van der Waals surface area contributed by atoms with Crippen LogP contribution >= 0.6 is 45.8 Å². The molecule has 3 rings (SSSR count). The number of carbonyl (C=O) groups excluding carboxylic acids is 2. The maximum Gasteiger partial charge on any atom is 0.328 e. The van der Waals surface area contributed by atoms with E-state index < -0.39 is 24.1 Å². The quantitative estimate of drug-likeness (QED) is 0.401. The van der Waals surface area contributed by atoms with Gasteiger partial charge in [-0.2, -0.15) is 0 Å². The Morgan fingerprint density at radius 1 is 1.22 bits per heavy atom. The van der Waals surface area contributed by atoms with Crippen molar-refractivity contribution in [3.05, 3.63) is 55.6 Å². The number of methoxy groups -OCH3 is 1. The van der Waals surface area contributed by atoms with E-state index in [1.807, 2.05) is 24.3 Å². The molecule has 2 unspecified atom stereocenters. The van der Waals surface area contributed by atoms with Crippen molar-refractivity contribution >= 4 is 69.2 Å². The zero-order valence-corrected chi connectivity index (χ0v) is 17.9. The van der Waals surface area contributed by atoms with Crippen molar-refractivity contribution in [3.63, 3.8) is 0 Å². The van der Waals surface area contributed by atoms with Crippen molar-refractivity contribution in [2.24, 2.45) is 0 Å². The van der Waals surface area contributed by atoms with E-state index in [2.05, 4.69) is 38.5 Å². The summed E-state index contributed by atoms with van der Waals surface area (Å²) in [5, 5.41) is 9.57. The van der Waals surface area contributed by atoms with Crippen LogP contribution in [-0.2, 0) is 9.53 Å². The van der Waals surface area contributed by atoms with Crippen LogP contribution in [0.25, 0.3) is 0 Å². The van der Waals surface area contributed by atoms with Crippen LogP contribution in [0, 0.1) is 3.57 Å². The highest BCUT2D eigenvalue weighted by molar-refractivity contribution is 14.1. The van der Waals surface area contributed by atoms with Crippen LogP contribution in [0.2, 0.25) is 10.0 Å². The smallest absolute Gasteiger partial charge is 0.328 e. The zero-order chi connectivity index (χ0) is 19.6. The number of urea groups is 1. The van der Waals surface area contributed by atoms with Crippen molar-refractivity contribution < 1.29 is 14.3 Å². The van der Waals surface area contributed by atoms with Gasteiger partial charge in [0.25, 0.3) is 0 Å². The van der Waals surface area contributed by atoms with Gasteiger partial charge in [0.2, 0.25) is 0 Å². The molecule has 3 N–H and O–H groups in total. The van der Waals surface area contributed by atoms with Gasteiger partial charge in [-0.3, -0.25) is 0 Å². The fourth-order valence-electron chi connectivity index (χ4n) is 2.95. The summed E-state index contributed by atoms with van der Waals surface area (Å²) in [6.07, 6.45) is 0.293. The highest BCUT2D eigenvalue weighted by atomic mass is 127. The Hall–Kier alpha value is -1.71. The number of benzene rings is 2. The first-order chi connectivity index (χ1) is 12.9. The fraction of sp³-hybridized carbons (Fsp3) is 0.222. The molecular formula is C18H16Cl2IN3O3. The Balaban J connectivity index is 1.83. The minimum Gasteiger partial charge on any atom is -0.467 e. The van der Waals surface area contributed by atoms with Crippen LogP contribution in [-0.4, -0.2) is 25.2 Å². The predicted octanol–water partition coefficient (Wildman–Crippen LogP) is 4.82. The third-order valence-corrected chi connectivity index (χ3v) is 5.39. The number of esters is 1. The zero-order valence-electron chi connectivity index (χ0n) is 14.2. The highest BCUT2D eigenvalue weighted by Gasteiger charge is 2.34. The number of amides is 2. The van der Waals surface area contributed by atoms with Crippen molar-refractivity contribution in [2.75, 3.05) is 17.7 Å². The molecule has 6 nitrogen and oxygen atoms in total. The van der Waals surface area contributed by atoms with Crippen LogP contribution in [0.4, 0.5) is 16.2 Å². The van der Waals surface area contributed by atoms with E-state index in [0.29, 0.717) is 33.4 Å². The van der Waals surface area contributed by atoms with Gasteiger partial charge in [0.05, 0.1) is 13.2 Å². The van der Waals surface area contributed by atoms with E-state index in [9.17, 15) is 9.59 Å². The molecule has 2 atom stereocenters. The molecule has 0 bridgehead atoms. The van der Waals surface area contributed by atoms with Crippen LogP contribution < -0.4 is 16.0 Å². The molecule has 0 radical (unpaired) electrons. The SMILES string of the molecule is COC(=O)C1CC(NC(=O)Nc2ccc(I)cc2)c2c(Cl)cc(Cl)cc2N1. The molecule has 0 aromatic heterocycles. The summed E-state index contributed by atoms with van der Waals surface area (Å²) in [5.74, 6) is -0.429. The third-order valence-electron chi connectivity index (χ3n) is 4.14. The number of carbonyl (C=O) groups is 2. The number of hydrogen-bond donors (Lipinski definition) is 3. The summed E-state index contributed by atoms with van der Waals surface area (Å²) in [7, 11) is 1.32. The monoisotopic (exact) mass is 519 g/mol. The van der Waals surface area contributed by atoms with E-state index in [1.54, 1.807) is 12.1 Å². The van der Waals surface area contributed by atoms with Crippen LogP contribution in [0.3, 0.4) is 0 Å². The first kappa shape index (κ1) is 20.0. The summed E-state index contributed by atoms with van der Waals surface area (Å²) >= 11 is 14.6. The Morgan fingerprint density at radius 2 is 1.93 bits per heavy atom. The first-order valence-electron chi connectivity index (χ1n) is 8.03. The molecule has 2 aromatic carbocycles. The normalized spacial score (nSPS) is 18.1. The topological polar surface area (TPSA) is 79.5 Å². The van der Waals surface area contributed by atoms with Crippen molar-refractivity contribution in [1.82, 2.24) is 5.32 Å². The summed E-state index contributed by atoms with van der Waals surface area (Å²) in [5.41, 5.74) is 1.93. The molecule has 0 fully saturated rings. The van der Waals surface area contributed by atoms with E-state index in [-0.39, 0.29) is 0 Å². The molecule has 2 amide bonds. The fourth-order valence-corrected chi connectivity index (χ4v) is 3.93. The molecule has 0 spiro atoms. The van der Waals surface area contributed by atoms with Crippen LogP contribution in [0.5, 0.6) is 0 Å². The van der Waals surface area contributed by atoms with Gasteiger partial charge >= 0.3 is 12.0 Å². The molecule has 0 aliphatic carbocycles. The van der Waals surface area contributed by atoms with Gasteiger partial charge in [-0.15, -0.1) is 0 Å². The Kier molecular flexibility index (Phi) is 6.33. The number of ether oxygens (including phenoxy) is 1. The second kappa shape index (κ2) is 8.53. The molecule has 1 aliphatic rings. The minimum atomic E-state index is -0.624. The van der Waals surface area contributed by atoms with E-state index in [4.69, 9.17) is 27.9 Å². The summed E-state index contributed by atoms with van der Waals surface area (Å²) in [4.78, 5) is 24.5. The number of rotatable bonds is 3. The second-order valence-electron chi connectivity index (χ2n) is 5.96. The number of halogens is 3. The first-order valence-corrected chi connectivity index (χ1v) is 9.87. The third kappa shape index (κ3) is 4.77. The van der Waals surface area contributed by atoms with Gasteiger partial charge in [0.15, 0.2) is 0 Å². The van der Waals surface area contributed by atoms with Gasteiger partial charge in [-0.05, 0) is 59.0 Å². The molecule has 0 saturated carbocycles. The molecule has 142 valence electrons. The Bertz CT molecular complexity index is 877. The lowest BCUT2D eigenvalue weighted by atomic mass is 9.92. The van der Waals surface area contributed by atoms with Gasteiger partial charge in [0, 0.05) is 37.0 Å². The lowest BCUT2D eigenvalue weighted by molar-refractivity contribution is -0.141. The number of hydrogen-bond acceptors (Lipinski definition) is 4. The average molecular weight is 520 g/mol. The standard InChI is InChI=1S/C18H16Cl2IN3O3/c1-27-17(25)15-8-14(16-12(20)6-9(19)7-13(16)23-15)24-18(26)22-11-4-2-10(21)3-5-11/h2-7,14-15,23H,8H2,1H3,(H2,22,24,26). The Morgan fingerprint density at radius 3 is 2.59 bits per heavy atom. The van der Waals surface area contributed by atoms with Crippen molar-refractivity contribution in [2.45, 2.75) is 18.5 Å². The van der Waals surface area contributed by atoms with Gasteiger partial charge in [0.1, 0.15) is 6.04 Å². The number of nitrogens with one attached hydrogen (secondary N) is 3. The van der Waals surface area contributed by atoms with Crippen LogP contribution in [0.1, 0.15) is 18.0 Å². The lowest BCUT2D eigenvalue weighted by Crippen LogP contribution is -2.42. The largest absolute Gasteiger partial charge is 0.467 e. The number of fused-ring (bicyclic) bond motifs is 1. The molecule has 0 saturated heterocycles. The minimum absolute atomic E-state index is 0.293. The molecule has 27 heavy (non-hydrogen) atoms. The average Bonchev–Trinajstić information content (AvgIpc) is 2.62. The van der Waals surface area contributed by atoms with E-state index in [0.717, 1.165) is 3.57 Å². The summed E-state index contributed by atoms with van der Waals surface area (Å²) in [6.45, 7) is 0. The second-order valence-corrected chi connectivity index (χ2v) is 8.05. The predicted molar refractivity (Wildman–Crippen MR) is 115 cm³/mol. The maximum atomic E-state index is 12.5. The van der Waals surface area contributed by atoms with Crippen LogP contribution in [0.15, 0.2) is 36.4 Å². The van der Waals surface area contributed by atoms with Crippen molar-refractivity contribution in [1.29, 1.82) is 0 Å². The van der Waals surface area contributed by atoms with E-state index >= 15 is 0 Å². The molecule has 1 aliphatic heterocycles. The molecule has 9 heteroatoms. The van der Waals surface area contributed by atoms with Crippen molar-refractivity contribution in [3.8, 4) is 0 Å². The van der Waals surface area contributed by atoms with Gasteiger partial charge in [-0.25, -0.2) is 9.59 Å². The van der Waals surface area contributed by atoms with Gasteiger partial charge < -0.3 is 20.7 Å². The maximum absolute atomic E-state index is 12.5. The van der Waals surface area contributed by atoms with Gasteiger partial charge in [-0.1, -0.05) is 23.2 Å². The molecular weight excluding hydrogens is 504 g/mol. The van der Waals surface area contributed by atoms with E-state index in [1.165, 1.54) is 7.11 Å². The highest BCUT2D eigenvalue weighted by Crippen LogP contribution is 2.40. The summed E-state index contributed by atoms with van der Waals surface area (Å²) < 4.78 is 5.89. The Labute approximate surface area is 180 Å². The lowest BCUT2D eigenvalue weighted by Gasteiger charge is -2.33.